The Bertz CT molecular complexity index is 573. The molecule has 2 unspecified atom stereocenters. The van der Waals surface area contributed by atoms with E-state index in [4.69, 9.17) is 4.74 Å². The van der Waals surface area contributed by atoms with Crippen LogP contribution in [0.25, 0.3) is 0 Å². The van der Waals surface area contributed by atoms with Crippen molar-refractivity contribution in [1.29, 1.82) is 0 Å². The van der Waals surface area contributed by atoms with Crippen molar-refractivity contribution in [3.05, 3.63) is 17.0 Å². The van der Waals surface area contributed by atoms with Crippen LogP contribution in [-0.4, -0.2) is 39.3 Å². The van der Waals surface area contributed by atoms with Crippen molar-refractivity contribution >= 4 is 27.0 Å². The van der Waals surface area contributed by atoms with Crippen LogP contribution in [0.1, 0.15) is 18.7 Å². The van der Waals surface area contributed by atoms with Crippen LogP contribution in [0, 0.1) is 5.92 Å². The Labute approximate surface area is 123 Å². The normalized spacial score (nSPS) is 21.6. The van der Waals surface area contributed by atoms with Gasteiger partial charge in [0.15, 0.2) is 5.44 Å². The standard InChI is InChI=1S/C13H19NO4S2/c1-9(10(2)15)7-11-3-4-13(19-11)20(16,17)12-8-14-5-6-18-12/h3-4,9,12,14H,5-8H2,1-2H3. The fourth-order valence-corrected chi connectivity index (χ4v) is 5.04. The van der Waals surface area contributed by atoms with Crippen LogP contribution < -0.4 is 5.32 Å². The van der Waals surface area contributed by atoms with E-state index in [0.29, 0.717) is 30.3 Å². The molecule has 0 radical (unpaired) electrons. The minimum atomic E-state index is -3.45. The molecule has 0 aliphatic carbocycles. The number of ether oxygens (including phenoxy) is 1. The summed E-state index contributed by atoms with van der Waals surface area (Å²) in [5, 5.41) is 3.02. The minimum absolute atomic E-state index is 0.0863. The van der Waals surface area contributed by atoms with E-state index in [0.717, 1.165) is 4.88 Å². The molecule has 1 aliphatic rings. The van der Waals surface area contributed by atoms with Gasteiger partial charge in [0.1, 0.15) is 9.99 Å². The monoisotopic (exact) mass is 317 g/mol. The van der Waals surface area contributed by atoms with Crippen LogP contribution in [0.15, 0.2) is 16.3 Å². The quantitative estimate of drug-likeness (QED) is 0.884. The second kappa shape index (κ2) is 6.34. The Morgan fingerprint density at radius 3 is 2.90 bits per heavy atom. The van der Waals surface area contributed by atoms with E-state index in [2.05, 4.69) is 5.32 Å². The Kier molecular flexibility index (Phi) is 4.95. The molecule has 1 N–H and O–H groups in total. The molecule has 2 atom stereocenters. The Balaban J connectivity index is 2.13. The van der Waals surface area contributed by atoms with Gasteiger partial charge in [-0.15, -0.1) is 11.3 Å². The number of Topliss-reactive ketones (excluding diaryl/α,β-unsaturated/α-hetero) is 1. The smallest absolute Gasteiger partial charge is 0.215 e. The summed E-state index contributed by atoms with van der Waals surface area (Å²) in [6.07, 6.45) is 0.583. The van der Waals surface area contributed by atoms with Crippen molar-refractivity contribution < 1.29 is 17.9 Å². The van der Waals surface area contributed by atoms with Crippen LogP contribution in [0.3, 0.4) is 0 Å². The van der Waals surface area contributed by atoms with Gasteiger partial charge in [-0.3, -0.25) is 4.79 Å². The number of sulfone groups is 1. The van der Waals surface area contributed by atoms with Crippen molar-refractivity contribution in [2.75, 3.05) is 19.7 Å². The molecule has 1 aromatic rings. The third-order valence-corrected chi connectivity index (χ3v) is 6.90. The van der Waals surface area contributed by atoms with Gasteiger partial charge in [-0.05, 0) is 25.5 Å². The third kappa shape index (κ3) is 3.46. The molecule has 0 bridgehead atoms. The zero-order valence-corrected chi connectivity index (χ0v) is 13.2. The number of nitrogens with one attached hydrogen (secondary N) is 1. The maximum atomic E-state index is 12.4. The zero-order valence-electron chi connectivity index (χ0n) is 11.6. The SMILES string of the molecule is CC(=O)C(C)Cc1ccc(S(=O)(=O)C2CNCCO2)s1. The molecule has 1 aliphatic heterocycles. The molecule has 7 heteroatoms. The number of morpholine rings is 1. The van der Waals surface area contributed by atoms with Gasteiger partial charge >= 0.3 is 0 Å². The molecule has 5 nitrogen and oxygen atoms in total. The average Bonchev–Trinajstić information content (AvgIpc) is 2.89. The third-order valence-electron chi connectivity index (χ3n) is 3.36. The molecule has 0 amide bonds. The van der Waals surface area contributed by atoms with Crippen molar-refractivity contribution in [3.8, 4) is 0 Å². The number of rotatable bonds is 5. The van der Waals surface area contributed by atoms with Crippen molar-refractivity contribution in [3.63, 3.8) is 0 Å². The second-order valence-corrected chi connectivity index (χ2v) is 8.47. The fraction of sp³-hybridized carbons (Fsp3) is 0.615. The molecule has 1 aromatic heterocycles. The maximum absolute atomic E-state index is 12.4. The van der Waals surface area contributed by atoms with Gasteiger partial charge in [0.25, 0.3) is 0 Å². The van der Waals surface area contributed by atoms with Crippen molar-refractivity contribution in [2.24, 2.45) is 5.92 Å². The van der Waals surface area contributed by atoms with Gasteiger partial charge in [-0.2, -0.15) is 0 Å². The largest absolute Gasteiger partial charge is 0.359 e. The molecule has 20 heavy (non-hydrogen) atoms. The first-order valence-corrected chi connectivity index (χ1v) is 8.93. The number of thiophene rings is 1. The van der Waals surface area contributed by atoms with Gasteiger partial charge in [-0.1, -0.05) is 6.92 Å². The topological polar surface area (TPSA) is 72.5 Å². The Morgan fingerprint density at radius 2 is 2.30 bits per heavy atom. The fourth-order valence-electron chi connectivity index (χ4n) is 1.94. The van der Waals surface area contributed by atoms with E-state index in [-0.39, 0.29) is 11.7 Å². The molecular formula is C13H19NO4S2. The van der Waals surface area contributed by atoms with Crippen LogP contribution in [0.5, 0.6) is 0 Å². The number of carbonyl (C=O) groups excluding carboxylic acids is 1. The molecule has 0 aromatic carbocycles. The van der Waals surface area contributed by atoms with Crippen LogP contribution in [-0.2, 0) is 25.8 Å². The Morgan fingerprint density at radius 1 is 1.55 bits per heavy atom. The molecule has 2 rings (SSSR count). The highest BCUT2D eigenvalue weighted by molar-refractivity contribution is 7.94. The number of carbonyl (C=O) groups is 1. The van der Waals surface area contributed by atoms with Gasteiger partial charge in [0.05, 0.1) is 6.61 Å². The van der Waals surface area contributed by atoms with E-state index in [9.17, 15) is 13.2 Å². The van der Waals surface area contributed by atoms with E-state index < -0.39 is 15.3 Å². The molecule has 0 saturated carbocycles. The lowest BCUT2D eigenvalue weighted by molar-refractivity contribution is -0.120. The first-order chi connectivity index (χ1) is 9.41. The first-order valence-electron chi connectivity index (χ1n) is 6.56. The summed E-state index contributed by atoms with van der Waals surface area (Å²) in [5.41, 5.74) is -0.812. The maximum Gasteiger partial charge on any atom is 0.215 e. The number of ketones is 1. The van der Waals surface area contributed by atoms with Crippen molar-refractivity contribution in [1.82, 2.24) is 5.32 Å². The van der Waals surface area contributed by atoms with Crippen LogP contribution >= 0.6 is 11.3 Å². The summed E-state index contributed by atoms with van der Waals surface area (Å²) in [7, 11) is -3.45. The summed E-state index contributed by atoms with van der Waals surface area (Å²) in [6.45, 7) is 4.81. The number of hydrogen-bond donors (Lipinski definition) is 1. The van der Waals surface area contributed by atoms with Gasteiger partial charge in [0.2, 0.25) is 9.84 Å². The van der Waals surface area contributed by atoms with Crippen LogP contribution in [0.2, 0.25) is 0 Å². The summed E-state index contributed by atoms with van der Waals surface area (Å²) in [4.78, 5) is 12.2. The summed E-state index contributed by atoms with van der Waals surface area (Å²) >= 11 is 1.23. The van der Waals surface area contributed by atoms with E-state index >= 15 is 0 Å². The highest BCUT2D eigenvalue weighted by Crippen LogP contribution is 2.27. The molecular weight excluding hydrogens is 298 g/mol. The zero-order chi connectivity index (χ0) is 14.8. The van der Waals surface area contributed by atoms with Gasteiger partial charge in [0, 0.05) is 23.9 Å². The molecule has 1 saturated heterocycles. The van der Waals surface area contributed by atoms with Gasteiger partial charge in [-0.25, -0.2) is 8.42 Å². The Hall–Kier alpha value is -0.760. The molecule has 112 valence electrons. The van der Waals surface area contributed by atoms with E-state index in [1.807, 2.05) is 6.92 Å². The number of hydrogen-bond acceptors (Lipinski definition) is 6. The summed E-state index contributed by atoms with van der Waals surface area (Å²) in [6, 6.07) is 3.40. The lowest BCUT2D eigenvalue weighted by Gasteiger charge is -2.22. The summed E-state index contributed by atoms with van der Waals surface area (Å²) < 4.78 is 30.4. The predicted molar refractivity (Wildman–Crippen MR) is 77.7 cm³/mol. The van der Waals surface area contributed by atoms with Crippen molar-refractivity contribution in [2.45, 2.75) is 29.9 Å². The lowest BCUT2D eigenvalue weighted by atomic mass is 10.0. The second-order valence-electron chi connectivity index (χ2n) is 4.99. The average molecular weight is 317 g/mol. The highest BCUT2D eigenvalue weighted by atomic mass is 32.2. The molecule has 0 spiro atoms. The molecule has 2 heterocycles. The van der Waals surface area contributed by atoms with E-state index in [1.165, 1.54) is 11.3 Å². The predicted octanol–water partition coefficient (Wildman–Crippen LogP) is 1.24. The van der Waals surface area contributed by atoms with Gasteiger partial charge < -0.3 is 10.1 Å². The minimum Gasteiger partial charge on any atom is -0.359 e. The first kappa shape index (κ1) is 15.6. The van der Waals surface area contributed by atoms with E-state index in [1.54, 1.807) is 19.1 Å². The molecule has 1 fully saturated rings. The van der Waals surface area contributed by atoms with Crippen LogP contribution in [0.4, 0.5) is 0 Å². The highest BCUT2D eigenvalue weighted by Gasteiger charge is 2.31. The summed E-state index contributed by atoms with van der Waals surface area (Å²) in [5.74, 6) is 0.0272. The lowest BCUT2D eigenvalue weighted by Crippen LogP contribution is -2.42.